The summed E-state index contributed by atoms with van der Waals surface area (Å²) in [6.45, 7) is 5.11. The summed E-state index contributed by atoms with van der Waals surface area (Å²) < 4.78 is 5.25. The van der Waals surface area contributed by atoms with Gasteiger partial charge in [0.25, 0.3) is 11.8 Å². The minimum absolute atomic E-state index is 0.0332. The van der Waals surface area contributed by atoms with E-state index in [-0.39, 0.29) is 11.8 Å². The molecule has 2 aromatic rings. The van der Waals surface area contributed by atoms with Crippen LogP contribution in [0, 0.1) is 5.92 Å². The van der Waals surface area contributed by atoms with Crippen LogP contribution in [0.5, 0.6) is 0 Å². The van der Waals surface area contributed by atoms with Crippen molar-refractivity contribution in [3.8, 4) is 0 Å². The Morgan fingerprint density at radius 1 is 1.19 bits per heavy atom. The zero-order chi connectivity index (χ0) is 19.2. The molecule has 144 valence electrons. The third-order valence-electron chi connectivity index (χ3n) is 5.27. The molecule has 1 aromatic heterocycles. The monoisotopic (exact) mass is 370 g/mol. The van der Waals surface area contributed by atoms with Gasteiger partial charge in [0.1, 0.15) is 5.76 Å². The number of piperidine rings is 1. The van der Waals surface area contributed by atoms with Crippen molar-refractivity contribution >= 4 is 17.5 Å². The SMILES string of the molecule is CC1CC[NH+](CC(=O)N(C)c2ccccc2C(=O)NCc2ccco2)CC1. The lowest BCUT2D eigenvalue weighted by Crippen LogP contribution is -3.14. The van der Waals surface area contributed by atoms with Crippen LogP contribution < -0.4 is 15.1 Å². The van der Waals surface area contributed by atoms with Crippen LogP contribution in [0.3, 0.4) is 0 Å². The molecule has 0 radical (unpaired) electrons. The number of likely N-dealkylation sites (tertiary alicyclic amines) is 1. The van der Waals surface area contributed by atoms with Crippen molar-refractivity contribution in [1.82, 2.24) is 5.32 Å². The first-order chi connectivity index (χ1) is 13.0. The third-order valence-corrected chi connectivity index (χ3v) is 5.27. The number of nitrogens with zero attached hydrogens (tertiary/aromatic N) is 1. The summed E-state index contributed by atoms with van der Waals surface area (Å²) in [5, 5.41) is 2.85. The van der Waals surface area contributed by atoms with E-state index < -0.39 is 0 Å². The average molecular weight is 370 g/mol. The maximum absolute atomic E-state index is 12.8. The number of quaternary nitrogens is 1. The fraction of sp³-hybridized carbons (Fsp3) is 0.429. The standard InChI is InChI=1S/C21H27N3O3/c1-16-9-11-24(12-10-16)15-20(25)23(2)19-8-4-3-7-18(19)21(26)22-14-17-6-5-13-27-17/h3-8,13,16H,9-12,14-15H2,1-2H3,(H,22,26)/p+1. The van der Waals surface area contributed by atoms with E-state index in [1.807, 2.05) is 18.2 Å². The molecule has 1 aliphatic rings. The van der Waals surface area contributed by atoms with Crippen molar-refractivity contribution in [2.75, 3.05) is 31.6 Å². The number of para-hydroxylation sites is 1. The molecule has 0 bridgehead atoms. The maximum Gasteiger partial charge on any atom is 0.281 e. The zero-order valence-corrected chi connectivity index (χ0v) is 16.0. The number of hydrogen-bond donors (Lipinski definition) is 2. The number of nitrogens with one attached hydrogen (secondary N) is 2. The second kappa shape index (κ2) is 8.86. The molecular formula is C21H28N3O3+. The smallest absolute Gasteiger partial charge is 0.281 e. The molecule has 6 nitrogen and oxygen atoms in total. The van der Waals surface area contributed by atoms with E-state index >= 15 is 0 Å². The van der Waals surface area contributed by atoms with Gasteiger partial charge < -0.3 is 19.5 Å². The Morgan fingerprint density at radius 2 is 1.93 bits per heavy atom. The van der Waals surface area contributed by atoms with Gasteiger partial charge in [0, 0.05) is 7.05 Å². The van der Waals surface area contributed by atoms with Crippen LogP contribution in [0.25, 0.3) is 0 Å². The summed E-state index contributed by atoms with van der Waals surface area (Å²) in [6, 6.07) is 10.8. The molecule has 3 rings (SSSR count). The van der Waals surface area contributed by atoms with Crippen LogP contribution in [-0.4, -0.2) is 38.5 Å². The molecule has 0 spiro atoms. The van der Waals surface area contributed by atoms with E-state index in [1.54, 1.807) is 36.4 Å². The summed E-state index contributed by atoms with van der Waals surface area (Å²) in [4.78, 5) is 28.3. The number of carbonyl (C=O) groups excluding carboxylic acids is 2. The van der Waals surface area contributed by atoms with Gasteiger partial charge in [-0.15, -0.1) is 0 Å². The van der Waals surface area contributed by atoms with Crippen molar-refractivity contribution in [3.05, 3.63) is 54.0 Å². The molecule has 0 aliphatic carbocycles. The van der Waals surface area contributed by atoms with E-state index in [0.717, 1.165) is 31.8 Å². The summed E-state index contributed by atoms with van der Waals surface area (Å²) >= 11 is 0. The summed E-state index contributed by atoms with van der Waals surface area (Å²) in [5.41, 5.74) is 1.12. The first kappa shape index (κ1) is 19.2. The number of likely N-dealkylation sites (N-methyl/N-ethyl adjacent to an activating group) is 1. The number of furan rings is 1. The van der Waals surface area contributed by atoms with Gasteiger partial charge in [-0.2, -0.15) is 0 Å². The third kappa shape index (κ3) is 4.98. The van der Waals surface area contributed by atoms with Crippen LogP contribution >= 0.6 is 0 Å². The lowest BCUT2D eigenvalue weighted by molar-refractivity contribution is -0.898. The largest absolute Gasteiger partial charge is 0.467 e. The van der Waals surface area contributed by atoms with E-state index in [2.05, 4.69) is 12.2 Å². The number of carbonyl (C=O) groups is 2. The molecule has 1 saturated heterocycles. The Hall–Kier alpha value is -2.60. The Balaban J connectivity index is 1.64. The van der Waals surface area contributed by atoms with Gasteiger partial charge in [-0.1, -0.05) is 19.1 Å². The topological polar surface area (TPSA) is 67.0 Å². The molecule has 2 amide bonds. The van der Waals surface area contributed by atoms with Gasteiger partial charge >= 0.3 is 0 Å². The molecule has 1 aromatic carbocycles. The van der Waals surface area contributed by atoms with Gasteiger partial charge in [-0.05, 0) is 43.0 Å². The van der Waals surface area contributed by atoms with Gasteiger partial charge in [0.05, 0.1) is 37.1 Å². The first-order valence-corrected chi connectivity index (χ1v) is 9.54. The fourth-order valence-electron chi connectivity index (χ4n) is 3.45. The highest BCUT2D eigenvalue weighted by molar-refractivity contribution is 6.04. The van der Waals surface area contributed by atoms with Crippen molar-refractivity contribution in [1.29, 1.82) is 0 Å². The molecule has 0 atom stereocenters. The van der Waals surface area contributed by atoms with Gasteiger partial charge in [0.15, 0.2) is 6.54 Å². The van der Waals surface area contributed by atoms with E-state index in [9.17, 15) is 9.59 Å². The highest BCUT2D eigenvalue weighted by Gasteiger charge is 2.25. The Bertz CT molecular complexity index is 765. The first-order valence-electron chi connectivity index (χ1n) is 9.54. The minimum Gasteiger partial charge on any atom is -0.467 e. The van der Waals surface area contributed by atoms with Crippen molar-refractivity contribution < 1.29 is 18.9 Å². The van der Waals surface area contributed by atoms with Crippen LogP contribution in [0.2, 0.25) is 0 Å². The van der Waals surface area contributed by atoms with Crippen LogP contribution in [0.4, 0.5) is 5.69 Å². The van der Waals surface area contributed by atoms with E-state index in [4.69, 9.17) is 4.42 Å². The quantitative estimate of drug-likeness (QED) is 0.810. The normalized spacial score (nSPS) is 19.5. The summed E-state index contributed by atoms with van der Waals surface area (Å²) in [7, 11) is 1.74. The van der Waals surface area contributed by atoms with Crippen molar-refractivity contribution in [2.24, 2.45) is 5.92 Å². The van der Waals surface area contributed by atoms with Gasteiger partial charge in [-0.25, -0.2) is 0 Å². The van der Waals surface area contributed by atoms with Gasteiger partial charge in [0.2, 0.25) is 0 Å². The fourth-order valence-corrected chi connectivity index (χ4v) is 3.45. The molecule has 2 N–H and O–H groups in total. The molecule has 27 heavy (non-hydrogen) atoms. The molecule has 2 heterocycles. The molecule has 6 heteroatoms. The number of amides is 2. The highest BCUT2D eigenvalue weighted by Crippen LogP contribution is 2.19. The number of benzene rings is 1. The molecule has 0 unspecified atom stereocenters. The molecular weight excluding hydrogens is 342 g/mol. The predicted molar refractivity (Wildman–Crippen MR) is 104 cm³/mol. The number of rotatable bonds is 6. The minimum atomic E-state index is -0.221. The predicted octanol–water partition coefficient (Wildman–Crippen LogP) is 1.49. The van der Waals surface area contributed by atoms with Crippen LogP contribution in [0.15, 0.2) is 47.1 Å². The second-order valence-corrected chi connectivity index (χ2v) is 7.34. The average Bonchev–Trinajstić information content (AvgIpc) is 3.21. The van der Waals surface area contributed by atoms with Crippen LogP contribution in [0.1, 0.15) is 35.9 Å². The Morgan fingerprint density at radius 3 is 2.63 bits per heavy atom. The lowest BCUT2D eigenvalue weighted by atomic mass is 9.99. The molecule has 1 fully saturated rings. The van der Waals surface area contributed by atoms with E-state index in [0.29, 0.717) is 30.1 Å². The Labute approximate surface area is 160 Å². The van der Waals surface area contributed by atoms with Crippen molar-refractivity contribution in [2.45, 2.75) is 26.3 Å². The highest BCUT2D eigenvalue weighted by atomic mass is 16.3. The number of hydrogen-bond acceptors (Lipinski definition) is 3. The summed E-state index contributed by atoms with van der Waals surface area (Å²) in [6.07, 6.45) is 3.90. The molecule has 1 aliphatic heterocycles. The second-order valence-electron chi connectivity index (χ2n) is 7.34. The van der Waals surface area contributed by atoms with Gasteiger partial charge in [-0.3, -0.25) is 9.59 Å². The lowest BCUT2D eigenvalue weighted by Gasteiger charge is -2.28. The Kier molecular flexibility index (Phi) is 6.29. The maximum atomic E-state index is 12.8. The molecule has 0 saturated carbocycles. The number of anilines is 1. The van der Waals surface area contributed by atoms with Crippen LogP contribution in [-0.2, 0) is 11.3 Å². The van der Waals surface area contributed by atoms with E-state index in [1.165, 1.54) is 4.90 Å². The zero-order valence-electron chi connectivity index (χ0n) is 16.0. The summed E-state index contributed by atoms with van der Waals surface area (Å²) in [5.74, 6) is 1.25. The van der Waals surface area contributed by atoms with Crippen molar-refractivity contribution in [3.63, 3.8) is 0 Å².